The van der Waals surface area contributed by atoms with E-state index < -0.39 is 0 Å². The fraction of sp³-hybridized carbons (Fsp3) is 0.529. The van der Waals surface area contributed by atoms with Crippen molar-refractivity contribution < 1.29 is 9.21 Å². The van der Waals surface area contributed by atoms with Gasteiger partial charge in [0.25, 0.3) is 5.91 Å². The van der Waals surface area contributed by atoms with Gasteiger partial charge >= 0.3 is 0 Å². The van der Waals surface area contributed by atoms with Gasteiger partial charge in [-0.2, -0.15) is 11.8 Å². The summed E-state index contributed by atoms with van der Waals surface area (Å²) in [6.07, 6.45) is 7.96. The van der Waals surface area contributed by atoms with Crippen molar-refractivity contribution in [2.75, 3.05) is 49.6 Å². The Morgan fingerprint density at radius 3 is 2.77 bits per heavy atom. The number of piperazine rings is 1. The molecule has 0 aliphatic carbocycles. The summed E-state index contributed by atoms with van der Waals surface area (Å²) in [6.45, 7) is 4.71. The van der Waals surface area contributed by atoms with E-state index in [1.807, 2.05) is 6.07 Å². The summed E-state index contributed by atoms with van der Waals surface area (Å²) in [5.74, 6) is 2.20. The average Bonchev–Trinajstić information content (AvgIpc) is 3.15. The fourth-order valence-corrected chi connectivity index (χ4v) is 3.18. The molecule has 1 amide bonds. The first-order chi connectivity index (χ1) is 12.8. The molecule has 3 rings (SSSR count). The molecule has 2 aromatic rings. The van der Waals surface area contributed by atoms with Crippen LogP contribution in [0.5, 0.6) is 0 Å². The van der Waals surface area contributed by atoms with Crippen molar-refractivity contribution >= 4 is 23.6 Å². The van der Waals surface area contributed by atoms with Gasteiger partial charge in [0.1, 0.15) is 6.26 Å². The van der Waals surface area contributed by atoms with Crippen molar-refractivity contribution in [1.82, 2.24) is 25.2 Å². The molecule has 1 N–H and O–H groups in total. The number of oxazole rings is 1. The van der Waals surface area contributed by atoms with Gasteiger partial charge in [-0.3, -0.25) is 9.69 Å². The van der Waals surface area contributed by atoms with Crippen LogP contribution in [0, 0.1) is 0 Å². The number of hydrogen-bond acceptors (Lipinski definition) is 8. The predicted octanol–water partition coefficient (Wildman–Crippen LogP) is 1.27. The molecule has 3 heterocycles. The highest BCUT2D eigenvalue weighted by Crippen LogP contribution is 2.12. The van der Waals surface area contributed by atoms with E-state index in [1.165, 1.54) is 6.26 Å². The lowest BCUT2D eigenvalue weighted by Gasteiger charge is -2.33. The molecule has 1 aliphatic heterocycles. The second kappa shape index (κ2) is 9.54. The van der Waals surface area contributed by atoms with Gasteiger partial charge in [0.2, 0.25) is 11.8 Å². The quantitative estimate of drug-likeness (QED) is 0.689. The van der Waals surface area contributed by atoms with E-state index in [4.69, 9.17) is 4.42 Å². The molecule has 140 valence electrons. The number of hydrogen-bond donors (Lipinski definition) is 1. The topological polar surface area (TPSA) is 87.4 Å². The van der Waals surface area contributed by atoms with Gasteiger partial charge < -0.3 is 14.6 Å². The molecular formula is C17H24N6O2S. The first kappa shape index (κ1) is 18.7. The molecule has 0 atom stereocenters. The van der Waals surface area contributed by atoms with Crippen LogP contribution in [0.4, 0.5) is 5.95 Å². The molecule has 26 heavy (non-hydrogen) atoms. The highest BCUT2D eigenvalue weighted by atomic mass is 32.2. The highest BCUT2D eigenvalue weighted by molar-refractivity contribution is 7.98. The molecule has 0 bridgehead atoms. The van der Waals surface area contributed by atoms with Gasteiger partial charge in [0.15, 0.2) is 5.69 Å². The van der Waals surface area contributed by atoms with E-state index in [2.05, 4.69) is 36.3 Å². The molecule has 9 heteroatoms. The predicted molar refractivity (Wildman–Crippen MR) is 101 cm³/mol. The zero-order chi connectivity index (χ0) is 18.2. The van der Waals surface area contributed by atoms with Crippen LogP contribution >= 0.6 is 11.8 Å². The van der Waals surface area contributed by atoms with Gasteiger partial charge in [0, 0.05) is 45.1 Å². The second-order valence-corrected chi connectivity index (χ2v) is 7.03. The first-order valence-electron chi connectivity index (χ1n) is 8.72. The van der Waals surface area contributed by atoms with Crippen LogP contribution in [0.15, 0.2) is 29.1 Å². The summed E-state index contributed by atoms with van der Waals surface area (Å²) in [5, 5.41) is 2.87. The van der Waals surface area contributed by atoms with Crippen LogP contribution in [0.1, 0.15) is 22.8 Å². The van der Waals surface area contributed by atoms with Crippen LogP contribution in [-0.4, -0.2) is 70.5 Å². The third-order valence-electron chi connectivity index (χ3n) is 4.16. The van der Waals surface area contributed by atoms with Gasteiger partial charge in [-0.1, -0.05) is 0 Å². The molecule has 0 radical (unpaired) electrons. The Balaban J connectivity index is 1.44. The SMILES string of the molecule is CSCCCNC(=O)c1coc(CN2CCN(c3ncccn3)CC2)n1. The molecule has 8 nitrogen and oxygen atoms in total. The number of carbonyl (C=O) groups excluding carboxylic acids is 1. The van der Waals surface area contributed by atoms with E-state index in [-0.39, 0.29) is 5.91 Å². The van der Waals surface area contributed by atoms with Gasteiger partial charge in [-0.15, -0.1) is 0 Å². The maximum absolute atomic E-state index is 12.0. The highest BCUT2D eigenvalue weighted by Gasteiger charge is 2.21. The number of amides is 1. The molecule has 1 saturated heterocycles. The largest absolute Gasteiger partial charge is 0.447 e. The lowest BCUT2D eigenvalue weighted by molar-refractivity contribution is 0.0948. The van der Waals surface area contributed by atoms with Crippen molar-refractivity contribution in [1.29, 1.82) is 0 Å². The number of nitrogens with one attached hydrogen (secondary N) is 1. The number of thioether (sulfide) groups is 1. The average molecular weight is 376 g/mol. The molecule has 1 aliphatic rings. The molecule has 0 saturated carbocycles. The smallest absolute Gasteiger partial charge is 0.273 e. The van der Waals surface area contributed by atoms with E-state index in [1.54, 1.807) is 24.2 Å². The third kappa shape index (κ3) is 5.18. The number of nitrogens with zero attached hydrogens (tertiary/aromatic N) is 5. The normalized spacial score (nSPS) is 15.2. The van der Waals surface area contributed by atoms with Crippen molar-refractivity contribution in [3.63, 3.8) is 0 Å². The minimum Gasteiger partial charge on any atom is -0.447 e. The van der Waals surface area contributed by atoms with E-state index in [0.717, 1.165) is 44.3 Å². The van der Waals surface area contributed by atoms with Crippen molar-refractivity contribution in [2.24, 2.45) is 0 Å². The molecule has 0 aromatic carbocycles. The Hall–Kier alpha value is -2.13. The molecular weight excluding hydrogens is 352 g/mol. The summed E-state index contributed by atoms with van der Waals surface area (Å²) in [5.41, 5.74) is 0.348. The second-order valence-electron chi connectivity index (χ2n) is 6.04. The summed E-state index contributed by atoms with van der Waals surface area (Å²) in [7, 11) is 0. The van der Waals surface area contributed by atoms with Crippen molar-refractivity contribution in [3.8, 4) is 0 Å². The maximum Gasteiger partial charge on any atom is 0.273 e. The van der Waals surface area contributed by atoms with Gasteiger partial charge in [-0.25, -0.2) is 15.0 Å². The molecule has 1 fully saturated rings. The van der Waals surface area contributed by atoms with Crippen LogP contribution < -0.4 is 10.2 Å². The zero-order valence-corrected chi connectivity index (χ0v) is 15.7. The Bertz CT molecular complexity index is 688. The summed E-state index contributed by atoms with van der Waals surface area (Å²) in [6, 6.07) is 1.82. The lowest BCUT2D eigenvalue weighted by Crippen LogP contribution is -2.46. The van der Waals surface area contributed by atoms with Crippen LogP contribution in [-0.2, 0) is 6.54 Å². The van der Waals surface area contributed by atoms with Gasteiger partial charge in [-0.05, 0) is 24.5 Å². The lowest BCUT2D eigenvalue weighted by atomic mass is 10.3. The standard InChI is InChI=1S/C17H24N6O2S/c1-26-11-3-6-18-16(24)14-13-25-15(21-14)12-22-7-9-23(10-8-22)17-19-4-2-5-20-17/h2,4-5,13H,3,6-12H2,1H3,(H,18,24). The number of anilines is 1. The molecule has 2 aromatic heterocycles. The van der Waals surface area contributed by atoms with Crippen molar-refractivity contribution in [2.45, 2.75) is 13.0 Å². The zero-order valence-electron chi connectivity index (χ0n) is 14.9. The van der Waals surface area contributed by atoms with Gasteiger partial charge in [0.05, 0.1) is 6.54 Å². The summed E-state index contributed by atoms with van der Waals surface area (Å²) >= 11 is 1.77. The Labute approximate surface area is 157 Å². The first-order valence-corrected chi connectivity index (χ1v) is 10.1. The van der Waals surface area contributed by atoms with E-state index >= 15 is 0 Å². The Kier molecular flexibility index (Phi) is 6.84. The Morgan fingerprint density at radius 1 is 1.27 bits per heavy atom. The van der Waals surface area contributed by atoms with Crippen molar-refractivity contribution in [3.05, 3.63) is 36.3 Å². The molecule has 0 spiro atoms. The Morgan fingerprint density at radius 2 is 2.04 bits per heavy atom. The fourth-order valence-electron chi connectivity index (χ4n) is 2.75. The number of carbonyl (C=O) groups is 1. The van der Waals surface area contributed by atoms with Crippen LogP contribution in [0.2, 0.25) is 0 Å². The van der Waals surface area contributed by atoms with Crippen LogP contribution in [0.3, 0.4) is 0 Å². The van der Waals surface area contributed by atoms with E-state index in [9.17, 15) is 4.79 Å². The molecule has 0 unspecified atom stereocenters. The van der Waals surface area contributed by atoms with Crippen LogP contribution in [0.25, 0.3) is 0 Å². The minimum atomic E-state index is -0.174. The monoisotopic (exact) mass is 376 g/mol. The minimum absolute atomic E-state index is 0.174. The maximum atomic E-state index is 12.0. The summed E-state index contributed by atoms with van der Waals surface area (Å²) < 4.78 is 5.47. The number of rotatable bonds is 8. The number of aromatic nitrogens is 3. The third-order valence-corrected chi connectivity index (χ3v) is 4.86. The van der Waals surface area contributed by atoms with E-state index in [0.29, 0.717) is 24.7 Å². The summed E-state index contributed by atoms with van der Waals surface area (Å²) in [4.78, 5) is 29.4.